The van der Waals surface area contributed by atoms with Gasteiger partial charge in [-0.1, -0.05) is 0 Å². The third-order valence-electron chi connectivity index (χ3n) is 1.01. The number of hydrogen-bond donors (Lipinski definition) is 1. The Morgan fingerprint density at radius 2 is 2.09 bits per heavy atom. The minimum atomic E-state index is -0.758. The van der Waals surface area contributed by atoms with E-state index in [9.17, 15) is 9.59 Å². The lowest BCUT2D eigenvalue weighted by molar-refractivity contribution is -0.120. The van der Waals surface area contributed by atoms with Crippen LogP contribution in [0.5, 0.6) is 0 Å². The average molecular weight is 157 g/mol. The van der Waals surface area contributed by atoms with Crippen LogP contribution in [-0.2, 0) is 14.3 Å². The summed E-state index contributed by atoms with van der Waals surface area (Å²) in [6, 6.07) is 0. The molecule has 62 valence electrons. The molecule has 0 aliphatic heterocycles. The molecule has 0 aliphatic rings. The molecule has 0 fully saturated rings. The Kier molecular flexibility index (Phi) is 3.95. The molecule has 0 aliphatic carbocycles. The van der Waals surface area contributed by atoms with Gasteiger partial charge in [0.25, 0.3) is 5.91 Å². The van der Waals surface area contributed by atoms with Crippen molar-refractivity contribution in [2.75, 3.05) is 6.61 Å². The maximum Gasteiger partial charge on any atom is 0.255 e. The number of rotatable bonds is 4. The van der Waals surface area contributed by atoms with Crippen molar-refractivity contribution in [2.45, 2.75) is 13.8 Å². The van der Waals surface area contributed by atoms with Gasteiger partial charge in [0.1, 0.15) is 5.57 Å². The lowest BCUT2D eigenvalue weighted by Gasteiger charge is -1.97. The van der Waals surface area contributed by atoms with Gasteiger partial charge in [0.15, 0.2) is 5.78 Å². The highest BCUT2D eigenvalue weighted by Crippen LogP contribution is 1.95. The Morgan fingerprint density at radius 1 is 1.55 bits per heavy atom. The van der Waals surface area contributed by atoms with Crippen molar-refractivity contribution < 1.29 is 14.3 Å². The SMILES string of the molecule is CCO/C=C(\C(C)=O)C(N)=O. The van der Waals surface area contributed by atoms with Crippen LogP contribution in [0.4, 0.5) is 0 Å². The fraction of sp³-hybridized carbons (Fsp3) is 0.429. The van der Waals surface area contributed by atoms with Crippen molar-refractivity contribution in [1.29, 1.82) is 0 Å². The Morgan fingerprint density at radius 3 is 2.36 bits per heavy atom. The van der Waals surface area contributed by atoms with Gasteiger partial charge in [-0.25, -0.2) is 0 Å². The van der Waals surface area contributed by atoms with Crippen molar-refractivity contribution in [3.8, 4) is 0 Å². The number of ketones is 1. The first kappa shape index (κ1) is 9.68. The summed E-state index contributed by atoms with van der Waals surface area (Å²) >= 11 is 0. The highest BCUT2D eigenvalue weighted by molar-refractivity contribution is 6.17. The van der Waals surface area contributed by atoms with Crippen LogP contribution < -0.4 is 5.73 Å². The molecule has 0 atom stereocenters. The predicted octanol–water partition coefficient (Wildman–Crippen LogP) is -0.0189. The molecule has 0 spiro atoms. The molecule has 4 heteroatoms. The lowest BCUT2D eigenvalue weighted by Crippen LogP contribution is -2.19. The van der Waals surface area contributed by atoms with Crippen LogP contribution in [0.1, 0.15) is 13.8 Å². The van der Waals surface area contributed by atoms with Crippen LogP contribution in [0, 0.1) is 0 Å². The van der Waals surface area contributed by atoms with Crippen LogP contribution in [0.2, 0.25) is 0 Å². The summed E-state index contributed by atoms with van der Waals surface area (Å²) in [6.45, 7) is 3.41. The molecule has 0 radical (unpaired) electrons. The number of amides is 1. The van der Waals surface area contributed by atoms with E-state index in [1.807, 2.05) is 0 Å². The maximum atomic E-state index is 10.6. The van der Waals surface area contributed by atoms with Gasteiger partial charge in [-0.05, 0) is 13.8 Å². The quantitative estimate of drug-likeness (QED) is 0.270. The zero-order chi connectivity index (χ0) is 8.85. The van der Waals surface area contributed by atoms with Gasteiger partial charge in [-0.3, -0.25) is 9.59 Å². The van der Waals surface area contributed by atoms with E-state index in [2.05, 4.69) is 0 Å². The van der Waals surface area contributed by atoms with Crippen molar-refractivity contribution >= 4 is 11.7 Å². The fourth-order valence-corrected chi connectivity index (χ4v) is 0.481. The number of nitrogens with two attached hydrogens (primary N) is 1. The second kappa shape index (κ2) is 4.49. The number of primary amides is 1. The van der Waals surface area contributed by atoms with E-state index in [-0.39, 0.29) is 11.4 Å². The van der Waals surface area contributed by atoms with E-state index in [4.69, 9.17) is 10.5 Å². The van der Waals surface area contributed by atoms with Crippen molar-refractivity contribution in [1.82, 2.24) is 0 Å². The molecule has 0 aromatic carbocycles. The third kappa shape index (κ3) is 3.40. The van der Waals surface area contributed by atoms with Crippen LogP contribution >= 0.6 is 0 Å². The molecular formula is C7H11NO3. The Labute approximate surface area is 65.0 Å². The second-order valence-electron chi connectivity index (χ2n) is 1.91. The topological polar surface area (TPSA) is 69.4 Å². The number of carbonyl (C=O) groups is 2. The highest BCUT2D eigenvalue weighted by Gasteiger charge is 2.09. The van der Waals surface area contributed by atoms with Gasteiger partial charge in [0.2, 0.25) is 0 Å². The molecule has 4 nitrogen and oxygen atoms in total. The van der Waals surface area contributed by atoms with Crippen LogP contribution in [0.3, 0.4) is 0 Å². The van der Waals surface area contributed by atoms with Gasteiger partial charge >= 0.3 is 0 Å². The molecule has 0 bridgehead atoms. The first-order valence-electron chi connectivity index (χ1n) is 3.22. The summed E-state index contributed by atoms with van der Waals surface area (Å²) < 4.78 is 4.73. The monoisotopic (exact) mass is 157 g/mol. The highest BCUT2D eigenvalue weighted by atomic mass is 16.5. The number of Topliss-reactive ketones (excluding diaryl/α,β-unsaturated/α-hetero) is 1. The minimum Gasteiger partial charge on any atom is -0.501 e. The summed E-state index contributed by atoms with van der Waals surface area (Å²) in [5.74, 6) is -1.14. The molecular weight excluding hydrogens is 146 g/mol. The van der Waals surface area contributed by atoms with Crippen LogP contribution in [0.25, 0.3) is 0 Å². The van der Waals surface area contributed by atoms with Crippen LogP contribution in [-0.4, -0.2) is 18.3 Å². The lowest BCUT2D eigenvalue weighted by atomic mass is 10.2. The third-order valence-corrected chi connectivity index (χ3v) is 1.01. The van der Waals surface area contributed by atoms with E-state index in [1.54, 1.807) is 6.92 Å². The molecule has 0 saturated carbocycles. The largest absolute Gasteiger partial charge is 0.501 e. The molecule has 0 rings (SSSR count). The fourth-order valence-electron chi connectivity index (χ4n) is 0.481. The number of hydrogen-bond acceptors (Lipinski definition) is 3. The van der Waals surface area contributed by atoms with E-state index in [1.165, 1.54) is 6.92 Å². The smallest absolute Gasteiger partial charge is 0.255 e. The molecule has 1 amide bonds. The zero-order valence-electron chi connectivity index (χ0n) is 6.59. The Bertz CT molecular complexity index is 180. The van der Waals surface area contributed by atoms with Crippen LogP contribution in [0.15, 0.2) is 11.8 Å². The zero-order valence-corrected chi connectivity index (χ0v) is 6.59. The first-order chi connectivity index (χ1) is 5.09. The molecule has 2 N–H and O–H groups in total. The van der Waals surface area contributed by atoms with E-state index in [0.717, 1.165) is 6.26 Å². The first-order valence-corrected chi connectivity index (χ1v) is 3.22. The summed E-state index contributed by atoms with van der Waals surface area (Å²) in [7, 11) is 0. The summed E-state index contributed by atoms with van der Waals surface area (Å²) in [5, 5.41) is 0. The molecule has 0 unspecified atom stereocenters. The summed E-state index contributed by atoms with van der Waals surface area (Å²) in [4.78, 5) is 21.1. The van der Waals surface area contributed by atoms with Gasteiger partial charge in [0.05, 0.1) is 12.9 Å². The van der Waals surface area contributed by atoms with Crippen molar-refractivity contribution in [2.24, 2.45) is 5.73 Å². The van der Waals surface area contributed by atoms with Gasteiger partial charge in [-0.15, -0.1) is 0 Å². The molecule has 11 heavy (non-hydrogen) atoms. The van der Waals surface area contributed by atoms with Gasteiger partial charge in [-0.2, -0.15) is 0 Å². The van der Waals surface area contributed by atoms with Gasteiger partial charge in [0, 0.05) is 0 Å². The van der Waals surface area contributed by atoms with E-state index in [0.29, 0.717) is 6.61 Å². The standard InChI is InChI=1S/C7H11NO3/c1-3-11-4-6(5(2)9)7(8)10/h4H,3H2,1-2H3,(H2,8,10)/b6-4+. The number of ether oxygens (including phenoxy) is 1. The average Bonchev–Trinajstić information content (AvgIpc) is 1.87. The van der Waals surface area contributed by atoms with Gasteiger partial charge < -0.3 is 10.5 Å². The summed E-state index contributed by atoms with van der Waals surface area (Å²) in [6.07, 6.45) is 1.09. The maximum absolute atomic E-state index is 10.6. The Hall–Kier alpha value is -1.32. The predicted molar refractivity (Wildman–Crippen MR) is 39.6 cm³/mol. The molecule has 0 aromatic rings. The second-order valence-corrected chi connectivity index (χ2v) is 1.91. The normalized spacial score (nSPS) is 10.9. The van der Waals surface area contributed by atoms with Crippen molar-refractivity contribution in [3.05, 3.63) is 11.8 Å². The molecule has 0 aromatic heterocycles. The molecule has 0 heterocycles. The minimum absolute atomic E-state index is 0.105. The van der Waals surface area contributed by atoms with E-state index >= 15 is 0 Å². The van der Waals surface area contributed by atoms with Crippen molar-refractivity contribution in [3.63, 3.8) is 0 Å². The molecule has 0 saturated heterocycles. The Balaban J connectivity index is 4.33. The van der Waals surface area contributed by atoms with E-state index < -0.39 is 5.91 Å². The summed E-state index contributed by atoms with van der Waals surface area (Å²) in [5.41, 5.74) is 4.77. The number of carbonyl (C=O) groups excluding carboxylic acids is 2.